The van der Waals surface area contributed by atoms with Gasteiger partial charge < -0.3 is 9.84 Å². The van der Waals surface area contributed by atoms with E-state index in [0.29, 0.717) is 24.3 Å². The molecular formula is C19H20ClF3N2O3. The lowest BCUT2D eigenvalue weighted by molar-refractivity contribution is -0.137. The molecule has 0 amide bonds. The number of hydrogen-bond acceptors (Lipinski definition) is 3. The third-order valence-electron chi connectivity index (χ3n) is 3.73. The standard InChI is InChI=1S/C19H20ClF3N2O3/c1-12(2)28-17-10-15(5-3-4-6-18(26)27)25(24-17)11-13-7-8-14(9-16(13)20)19(21,22)23/h4,6-10,12H,3,5,11H2,1-2H3,(H,26,27)/b6-4+. The van der Waals surface area contributed by atoms with Crippen LogP contribution in [0.1, 0.15) is 37.1 Å². The molecule has 0 spiro atoms. The Morgan fingerprint density at radius 1 is 1.36 bits per heavy atom. The largest absolute Gasteiger partial charge is 0.478 e. The summed E-state index contributed by atoms with van der Waals surface area (Å²) in [6.45, 7) is 3.86. The fourth-order valence-corrected chi connectivity index (χ4v) is 2.74. The minimum atomic E-state index is -4.46. The highest BCUT2D eigenvalue weighted by molar-refractivity contribution is 6.31. The molecule has 0 atom stereocenters. The number of aryl methyl sites for hydroxylation is 1. The quantitative estimate of drug-likeness (QED) is 0.617. The van der Waals surface area contributed by atoms with E-state index >= 15 is 0 Å². The number of allylic oxidation sites excluding steroid dienone is 1. The summed E-state index contributed by atoms with van der Waals surface area (Å²) in [5.41, 5.74) is 0.419. The number of carboxylic acids is 1. The molecule has 0 radical (unpaired) electrons. The normalized spacial score (nSPS) is 12.1. The van der Waals surface area contributed by atoms with Crippen molar-refractivity contribution in [2.45, 2.75) is 45.5 Å². The van der Waals surface area contributed by atoms with Crippen LogP contribution < -0.4 is 4.74 Å². The number of rotatable bonds is 8. The van der Waals surface area contributed by atoms with Crippen LogP contribution in [0.25, 0.3) is 0 Å². The summed E-state index contributed by atoms with van der Waals surface area (Å²) in [5, 5.41) is 13.0. The number of hydrogen-bond donors (Lipinski definition) is 1. The number of aromatic nitrogens is 2. The van der Waals surface area contributed by atoms with Crippen molar-refractivity contribution >= 4 is 17.6 Å². The Morgan fingerprint density at radius 3 is 2.64 bits per heavy atom. The Bertz CT molecular complexity index is 861. The van der Waals surface area contributed by atoms with Gasteiger partial charge >= 0.3 is 12.1 Å². The van der Waals surface area contributed by atoms with Crippen molar-refractivity contribution in [3.8, 4) is 5.88 Å². The third-order valence-corrected chi connectivity index (χ3v) is 4.08. The van der Waals surface area contributed by atoms with Gasteiger partial charge in [-0.2, -0.15) is 13.2 Å². The number of alkyl halides is 3. The van der Waals surface area contributed by atoms with Gasteiger partial charge in [0.15, 0.2) is 0 Å². The topological polar surface area (TPSA) is 64.3 Å². The zero-order chi connectivity index (χ0) is 20.9. The van der Waals surface area contributed by atoms with E-state index in [1.165, 1.54) is 12.1 Å². The molecule has 5 nitrogen and oxygen atoms in total. The van der Waals surface area contributed by atoms with E-state index < -0.39 is 17.7 Å². The molecule has 0 saturated carbocycles. The first kappa shape index (κ1) is 21.8. The van der Waals surface area contributed by atoms with Crippen molar-refractivity contribution in [3.05, 3.63) is 58.3 Å². The maximum atomic E-state index is 12.8. The van der Waals surface area contributed by atoms with Crippen molar-refractivity contribution in [1.82, 2.24) is 9.78 Å². The van der Waals surface area contributed by atoms with Crippen molar-refractivity contribution in [1.29, 1.82) is 0 Å². The molecule has 2 aromatic rings. The summed E-state index contributed by atoms with van der Waals surface area (Å²) < 4.78 is 45.6. The van der Waals surface area contributed by atoms with Crippen LogP contribution in [0.5, 0.6) is 5.88 Å². The van der Waals surface area contributed by atoms with Gasteiger partial charge in [-0.25, -0.2) is 4.79 Å². The minimum absolute atomic E-state index is 0.00613. The summed E-state index contributed by atoms with van der Waals surface area (Å²) >= 11 is 6.04. The van der Waals surface area contributed by atoms with Crippen LogP contribution in [0.3, 0.4) is 0 Å². The van der Waals surface area contributed by atoms with Crippen molar-refractivity contribution in [2.75, 3.05) is 0 Å². The second kappa shape index (κ2) is 9.14. The lowest BCUT2D eigenvalue weighted by Crippen LogP contribution is -2.10. The Hall–Kier alpha value is -2.48. The van der Waals surface area contributed by atoms with Gasteiger partial charge in [0, 0.05) is 22.9 Å². The van der Waals surface area contributed by atoms with Crippen molar-refractivity contribution in [2.24, 2.45) is 0 Å². The Kier molecular flexibility index (Phi) is 7.12. The SMILES string of the molecule is CC(C)Oc1cc(CC/C=C/C(=O)O)n(Cc2ccc(C(F)(F)F)cc2Cl)n1. The first-order chi connectivity index (χ1) is 13.1. The number of halogens is 4. The monoisotopic (exact) mass is 416 g/mol. The number of nitrogens with zero attached hydrogens (tertiary/aromatic N) is 2. The molecule has 152 valence electrons. The lowest BCUT2D eigenvalue weighted by Gasteiger charge is -2.11. The number of carbonyl (C=O) groups is 1. The molecule has 0 fully saturated rings. The minimum Gasteiger partial charge on any atom is -0.478 e. The van der Waals surface area contributed by atoms with Gasteiger partial charge in [-0.15, -0.1) is 5.10 Å². The van der Waals surface area contributed by atoms with Crippen molar-refractivity contribution < 1.29 is 27.8 Å². The molecule has 1 aromatic carbocycles. The van der Waals surface area contributed by atoms with Gasteiger partial charge in [0.2, 0.25) is 5.88 Å². The second-order valence-corrected chi connectivity index (χ2v) is 6.79. The molecule has 0 aliphatic carbocycles. The first-order valence-corrected chi connectivity index (χ1v) is 8.92. The molecule has 0 bridgehead atoms. The average molecular weight is 417 g/mol. The molecule has 9 heteroatoms. The number of carboxylic acid groups (broad SMARTS) is 1. The summed E-state index contributed by atoms with van der Waals surface area (Å²) in [6, 6.07) is 4.92. The third kappa shape index (κ3) is 6.30. The first-order valence-electron chi connectivity index (χ1n) is 8.54. The Morgan fingerprint density at radius 2 is 2.07 bits per heavy atom. The molecule has 28 heavy (non-hydrogen) atoms. The summed E-state index contributed by atoms with van der Waals surface area (Å²) in [5.74, 6) is -0.649. The highest BCUT2D eigenvalue weighted by atomic mass is 35.5. The number of aliphatic carboxylic acids is 1. The Balaban J connectivity index is 2.25. The molecule has 1 heterocycles. The molecule has 0 unspecified atom stereocenters. The van der Waals surface area contributed by atoms with Gasteiger partial charge in [-0.3, -0.25) is 4.68 Å². The molecule has 2 rings (SSSR count). The van der Waals surface area contributed by atoms with E-state index in [1.54, 1.807) is 10.7 Å². The summed E-state index contributed by atoms with van der Waals surface area (Å²) in [6.07, 6.45) is -1.05. The molecule has 0 saturated heterocycles. The fourth-order valence-electron chi connectivity index (χ4n) is 2.49. The van der Waals surface area contributed by atoms with Crippen LogP contribution in [0.2, 0.25) is 5.02 Å². The lowest BCUT2D eigenvalue weighted by atomic mass is 10.1. The van der Waals surface area contributed by atoms with Crippen LogP contribution in [0.4, 0.5) is 13.2 Å². The fraction of sp³-hybridized carbons (Fsp3) is 0.368. The summed E-state index contributed by atoms with van der Waals surface area (Å²) in [4.78, 5) is 10.6. The van der Waals surface area contributed by atoms with E-state index in [1.807, 2.05) is 13.8 Å². The van der Waals surface area contributed by atoms with Gasteiger partial charge in [-0.05, 0) is 44.4 Å². The number of ether oxygens (including phenoxy) is 1. The highest BCUT2D eigenvalue weighted by Crippen LogP contribution is 2.32. The molecule has 0 aliphatic rings. The summed E-state index contributed by atoms with van der Waals surface area (Å²) in [7, 11) is 0. The van der Waals surface area contributed by atoms with Crippen LogP contribution in [0.15, 0.2) is 36.4 Å². The highest BCUT2D eigenvalue weighted by Gasteiger charge is 2.30. The van der Waals surface area contributed by atoms with E-state index in [-0.39, 0.29) is 17.7 Å². The van der Waals surface area contributed by atoms with E-state index in [2.05, 4.69) is 5.10 Å². The van der Waals surface area contributed by atoms with Gasteiger partial charge in [0.1, 0.15) is 0 Å². The van der Waals surface area contributed by atoms with Gasteiger partial charge in [-0.1, -0.05) is 23.7 Å². The zero-order valence-electron chi connectivity index (χ0n) is 15.3. The zero-order valence-corrected chi connectivity index (χ0v) is 16.1. The molecule has 0 aliphatic heterocycles. The van der Waals surface area contributed by atoms with Crippen LogP contribution in [0, 0.1) is 0 Å². The maximum absolute atomic E-state index is 12.8. The van der Waals surface area contributed by atoms with Crippen molar-refractivity contribution in [3.63, 3.8) is 0 Å². The van der Waals surface area contributed by atoms with Gasteiger partial charge in [0.25, 0.3) is 0 Å². The Labute approximate surface area is 165 Å². The molecule has 1 N–H and O–H groups in total. The second-order valence-electron chi connectivity index (χ2n) is 6.38. The number of benzene rings is 1. The average Bonchev–Trinajstić information content (AvgIpc) is 2.93. The van der Waals surface area contributed by atoms with E-state index in [0.717, 1.165) is 23.9 Å². The molecule has 1 aromatic heterocycles. The predicted molar refractivity (Wildman–Crippen MR) is 98.6 cm³/mol. The predicted octanol–water partition coefficient (Wildman–Crippen LogP) is 4.96. The molecular weight excluding hydrogens is 397 g/mol. The smallest absolute Gasteiger partial charge is 0.416 e. The van der Waals surface area contributed by atoms with Crippen LogP contribution in [-0.2, 0) is 23.9 Å². The van der Waals surface area contributed by atoms with Gasteiger partial charge in [0.05, 0.1) is 18.2 Å². The van der Waals surface area contributed by atoms with E-state index in [4.69, 9.17) is 21.4 Å². The van der Waals surface area contributed by atoms with Crippen LogP contribution >= 0.6 is 11.6 Å². The maximum Gasteiger partial charge on any atom is 0.416 e. The van der Waals surface area contributed by atoms with Crippen LogP contribution in [-0.4, -0.2) is 27.0 Å². The van der Waals surface area contributed by atoms with E-state index in [9.17, 15) is 18.0 Å².